The minimum absolute atomic E-state index is 0.175. The second kappa shape index (κ2) is 5.90. The van der Waals surface area contributed by atoms with Crippen molar-refractivity contribution in [3.8, 4) is 0 Å². The van der Waals surface area contributed by atoms with Crippen LogP contribution in [-0.4, -0.2) is 20.6 Å². The first-order valence-electron chi connectivity index (χ1n) is 7.44. The molecule has 1 aliphatic rings. The number of nitrogens with one attached hydrogen (secondary N) is 2. The Labute approximate surface area is 139 Å². The molecule has 0 radical (unpaired) electrons. The second-order valence-corrected chi connectivity index (χ2v) is 7.75. The Bertz CT molecular complexity index is 875. The molecule has 0 unspecified atom stereocenters. The van der Waals surface area contributed by atoms with Crippen LogP contribution in [0, 0.1) is 5.82 Å². The Balaban J connectivity index is 1.78. The number of carbonyl (C=O) groups excluding carboxylic acids is 1. The van der Waals surface area contributed by atoms with Crippen LogP contribution in [0.1, 0.15) is 18.4 Å². The van der Waals surface area contributed by atoms with Gasteiger partial charge in [0.25, 0.3) is 0 Å². The molecule has 0 atom stereocenters. The summed E-state index contributed by atoms with van der Waals surface area (Å²) >= 11 is 0. The normalized spacial score (nSPS) is 15.6. The number of halogens is 1. The van der Waals surface area contributed by atoms with E-state index in [1.165, 1.54) is 12.1 Å². The van der Waals surface area contributed by atoms with E-state index in [0.717, 1.165) is 11.8 Å². The largest absolute Gasteiger partial charge is 0.325 e. The molecule has 0 heterocycles. The summed E-state index contributed by atoms with van der Waals surface area (Å²) in [5.41, 5.74) is 1.03. The smallest absolute Gasteiger partial charge is 0.235 e. The van der Waals surface area contributed by atoms with Gasteiger partial charge in [0, 0.05) is 5.69 Å². The fourth-order valence-electron chi connectivity index (χ4n) is 2.67. The molecule has 5 nitrogen and oxygen atoms in total. The van der Waals surface area contributed by atoms with Gasteiger partial charge in [0.2, 0.25) is 15.9 Å². The maximum atomic E-state index is 13.1. The number of sulfonamides is 1. The number of benzene rings is 2. The maximum absolute atomic E-state index is 13.1. The van der Waals surface area contributed by atoms with Crippen molar-refractivity contribution in [3.63, 3.8) is 0 Å². The second-order valence-electron chi connectivity index (χ2n) is 6.00. The van der Waals surface area contributed by atoms with E-state index in [1.54, 1.807) is 36.4 Å². The first kappa shape index (κ1) is 16.4. The lowest BCUT2D eigenvalue weighted by molar-refractivity contribution is -0.118. The van der Waals surface area contributed by atoms with Gasteiger partial charge in [0.15, 0.2) is 0 Å². The zero-order chi connectivity index (χ0) is 17.4. The Morgan fingerprint density at radius 1 is 1.08 bits per heavy atom. The van der Waals surface area contributed by atoms with E-state index >= 15 is 0 Å². The van der Waals surface area contributed by atoms with Crippen LogP contribution in [0.5, 0.6) is 0 Å². The molecule has 1 amide bonds. The van der Waals surface area contributed by atoms with Gasteiger partial charge in [-0.15, -0.1) is 0 Å². The van der Waals surface area contributed by atoms with Crippen molar-refractivity contribution in [2.45, 2.75) is 18.3 Å². The van der Waals surface area contributed by atoms with E-state index < -0.39 is 15.4 Å². The SMILES string of the molecule is CS(=O)(=O)Nc1cccc(NC(=O)C2(c3ccc(F)cc3)CC2)c1. The topological polar surface area (TPSA) is 75.3 Å². The number of rotatable bonds is 5. The molecule has 0 bridgehead atoms. The van der Waals surface area contributed by atoms with Crippen LogP contribution in [-0.2, 0) is 20.2 Å². The monoisotopic (exact) mass is 348 g/mol. The van der Waals surface area contributed by atoms with E-state index in [4.69, 9.17) is 0 Å². The summed E-state index contributed by atoms with van der Waals surface area (Å²) in [6.45, 7) is 0. The number of amides is 1. The molecule has 7 heteroatoms. The number of carbonyl (C=O) groups is 1. The summed E-state index contributed by atoms with van der Waals surface area (Å²) in [6.07, 6.45) is 2.46. The van der Waals surface area contributed by atoms with Gasteiger partial charge in [-0.05, 0) is 48.7 Å². The Kier molecular flexibility index (Phi) is 4.04. The molecule has 1 aliphatic carbocycles. The van der Waals surface area contributed by atoms with E-state index in [2.05, 4.69) is 10.0 Å². The quantitative estimate of drug-likeness (QED) is 0.872. The third kappa shape index (κ3) is 3.56. The first-order valence-corrected chi connectivity index (χ1v) is 9.33. The van der Waals surface area contributed by atoms with E-state index in [-0.39, 0.29) is 11.7 Å². The van der Waals surface area contributed by atoms with Crippen LogP contribution in [0.2, 0.25) is 0 Å². The molecule has 1 saturated carbocycles. The lowest BCUT2D eigenvalue weighted by Gasteiger charge is -2.16. The van der Waals surface area contributed by atoms with Crippen molar-refractivity contribution in [2.24, 2.45) is 0 Å². The molecule has 1 fully saturated rings. The summed E-state index contributed by atoms with van der Waals surface area (Å²) in [6, 6.07) is 12.4. The molecular formula is C17H17FN2O3S. The summed E-state index contributed by atoms with van der Waals surface area (Å²) in [4.78, 5) is 12.6. The highest BCUT2D eigenvalue weighted by molar-refractivity contribution is 7.92. The minimum Gasteiger partial charge on any atom is -0.325 e. The molecule has 2 N–H and O–H groups in total. The van der Waals surface area contributed by atoms with Gasteiger partial charge in [-0.1, -0.05) is 18.2 Å². The molecule has 2 aromatic carbocycles. The van der Waals surface area contributed by atoms with Gasteiger partial charge in [-0.3, -0.25) is 9.52 Å². The van der Waals surface area contributed by atoms with Crippen molar-refractivity contribution >= 4 is 27.3 Å². The molecule has 3 rings (SSSR count). The van der Waals surface area contributed by atoms with E-state index in [9.17, 15) is 17.6 Å². The standard InChI is InChI=1S/C17H17FN2O3S/c1-24(22,23)20-15-4-2-3-14(11-15)19-16(21)17(9-10-17)12-5-7-13(18)8-6-12/h2-8,11,20H,9-10H2,1H3,(H,19,21). The molecule has 0 aromatic heterocycles. The van der Waals surface area contributed by atoms with Gasteiger partial charge in [-0.25, -0.2) is 12.8 Å². The van der Waals surface area contributed by atoms with Crippen LogP contribution in [0.4, 0.5) is 15.8 Å². The van der Waals surface area contributed by atoms with E-state index in [0.29, 0.717) is 24.2 Å². The maximum Gasteiger partial charge on any atom is 0.235 e. The molecule has 2 aromatic rings. The van der Waals surface area contributed by atoms with Gasteiger partial charge in [-0.2, -0.15) is 0 Å². The number of anilines is 2. The van der Waals surface area contributed by atoms with Crippen LogP contribution in [0.3, 0.4) is 0 Å². The summed E-state index contributed by atoms with van der Waals surface area (Å²) in [7, 11) is -3.38. The molecule has 0 aliphatic heterocycles. The van der Waals surface area contributed by atoms with Crippen molar-refractivity contribution in [1.29, 1.82) is 0 Å². The Morgan fingerprint density at radius 3 is 2.29 bits per heavy atom. The first-order chi connectivity index (χ1) is 11.3. The third-order valence-corrected chi connectivity index (χ3v) is 4.61. The Morgan fingerprint density at radius 2 is 1.71 bits per heavy atom. The molecular weight excluding hydrogens is 331 g/mol. The average molecular weight is 348 g/mol. The molecule has 24 heavy (non-hydrogen) atoms. The predicted molar refractivity (Wildman–Crippen MR) is 90.9 cm³/mol. The molecule has 0 saturated heterocycles. The van der Waals surface area contributed by atoms with Crippen LogP contribution in [0.25, 0.3) is 0 Å². The lowest BCUT2D eigenvalue weighted by atomic mass is 9.95. The third-order valence-electron chi connectivity index (χ3n) is 4.01. The van der Waals surface area contributed by atoms with Gasteiger partial charge in [0.1, 0.15) is 5.82 Å². The Hall–Kier alpha value is -2.41. The fourth-order valence-corrected chi connectivity index (χ4v) is 3.22. The zero-order valence-corrected chi connectivity index (χ0v) is 13.9. The fraction of sp³-hybridized carbons (Fsp3) is 0.235. The minimum atomic E-state index is -3.38. The zero-order valence-electron chi connectivity index (χ0n) is 13.0. The van der Waals surface area contributed by atoms with Crippen molar-refractivity contribution in [2.75, 3.05) is 16.3 Å². The number of hydrogen-bond donors (Lipinski definition) is 2. The average Bonchev–Trinajstić information content (AvgIpc) is 3.28. The van der Waals surface area contributed by atoms with Crippen LogP contribution in [0.15, 0.2) is 48.5 Å². The highest BCUT2D eigenvalue weighted by Crippen LogP contribution is 2.49. The highest BCUT2D eigenvalue weighted by atomic mass is 32.2. The summed E-state index contributed by atoms with van der Waals surface area (Å²) in [5.74, 6) is -0.514. The van der Waals surface area contributed by atoms with Gasteiger partial charge < -0.3 is 5.32 Å². The van der Waals surface area contributed by atoms with Crippen LogP contribution < -0.4 is 10.0 Å². The van der Waals surface area contributed by atoms with Crippen molar-refractivity contribution in [1.82, 2.24) is 0 Å². The highest BCUT2D eigenvalue weighted by Gasteiger charge is 2.51. The van der Waals surface area contributed by atoms with Crippen molar-refractivity contribution < 1.29 is 17.6 Å². The lowest BCUT2D eigenvalue weighted by Crippen LogP contribution is -2.27. The summed E-state index contributed by atoms with van der Waals surface area (Å²) in [5, 5.41) is 2.82. The van der Waals surface area contributed by atoms with Gasteiger partial charge in [0.05, 0.1) is 17.4 Å². The van der Waals surface area contributed by atoms with Crippen LogP contribution >= 0.6 is 0 Å². The predicted octanol–water partition coefficient (Wildman–Crippen LogP) is 2.87. The summed E-state index contributed by atoms with van der Waals surface area (Å²) < 4.78 is 38.0. The van der Waals surface area contributed by atoms with Crippen molar-refractivity contribution in [3.05, 3.63) is 59.9 Å². The number of hydrogen-bond acceptors (Lipinski definition) is 3. The van der Waals surface area contributed by atoms with Gasteiger partial charge >= 0.3 is 0 Å². The molecule has 0 spiro atoms. The molecule has 126 valence electrons. The van der Waals surface area contributed by atoms with E-state index in [1.807, 2.05) is 0 Å².